The molecule has 4 aromatic rings. The number of nitrogens with one attached hydrogen (secondary N) is 3. The summed E-state index contributed by atoms with van der Waals surface area (Å²) in [5.74, 6) is -0.428. The van der Waals surface area contributed by atoms with Crippen molar-refractivity contribution in [3.63, 3.8) is 0 Å². The SMILES string of the molecule is O=C1CC(c2ccc(CC(NS(=O)(=O)N3CC=C(c4ccc(F)cc4)CC3)c3nc4ccccc4[nH]3)cc2)S(=O)(=O)N1. The topological polar surface area (TPSA) is 141 Å². The minimum atomic E-state index is -3.95. The lowest BCUT2D eigenvalue weighted by Gasteiger charge is -2.28. The second kappa shape index (κ2) is 11.1. The van der Waals surface area contributed by atoms with Gasteiger partial charge in [-0.1, -0.05) is 54.6 Å². The molecule has 0 bridgehead atoms. The normalized spacial score (nSPS) is 19.9. The smallest absolute Gasteiger partial charge is 0.280 e. The van der Waals surface area contributed by atoms with Gasteiger partial charge >= 0.3 is 0 Å². The van der Waals surface area contributed by atoms with E-state index >= 15 is 0 Å². The van der Waals surface area contributed by atoms with Crippen LogP contribution >= 0.6 is 0 Å². The minimum Gasteiger partial charge on any atom is -0.341 e. The summed E-state index contributed by atoms with van der Waals surface area (Å²) in [6.45, 7) is 0.412. The Morgan fingerprint density at radius 1 is 1.05 bits per heavy atom. The van der Waals surface area contributed by atoms with Gasteiger partial charge in [0.05, 0.1) is 23.5 Å². The molecule has 0 spiro atoms. The summed E-state index contributed by atoms with van der Waals surface area (Å²) in [5.41, 5.74) is 4.50. The zero-order chi connectivity index (χ0) is 29.5. The molecule has 3 N–H and O–H groups in total. The molecule has 1 amide bonds. The third-order valence-corrected chi connectivity index (χ3v) is 10.8. The number of rotatable bonds is 8. The summed E-state index contributed by atoms with van der Waals surface area (Å²) in [6, 6.07) is 19.5. The van der Waals surface area contributed by atoms with Gasteiger partial charge in [0.15, 0.2) is 0 Å². The van der Waals surface area contributed by atoms with Crippen LogP contribution in [0.1, 0.15) is 46.6 Å². The van der Waals surface area contributed by atoms with Crippen molar-refractivity contribution in [3.8, 4) is 0 Å². The van der Waals surface area contributed by atoms with Gasteiger partial charge in [0.25, 0.3) is 10.2 Å². The number of H-pyrrole nitrogens is 1. The Balaban J connectivity index is 1.24. The maximum absolute atomic E-state index is 13.6. The molecule has 42 heavy (non-hydrogen) atoms. The van der Waals surface area contributed by atoms with Crippen LogP contribution in [0.5, 0.6) is 0 Å². The Kier molecular flexibility index (Phi) is 7.43. The van der Waals surface area contributed by atoms with Crippen molar-refractivity contribution in [2.24, 2.45) is 0 Å². The first-order valence-corrected chi connectivity index (χ1v) is 16.4. The highest BCUT2D eigenvalue weighted by atomic mass is 32.2. The van der Waals surface area contributed by atoms with E-state index in [1.54, 1.807) is 36.4 Å². The van der Waals surface area contributed by atoms with Crippen LogP contribution in [-0.2, 0) is 31.4 Å². The van der Waals surface area contributed by atoms with E-state index in [0.717, 1.165) is 22.2 Å². The van der Waals surface area contributed by atoms with Crippen LogP contribution in [0.4, 0.5) is 4.39 Å². The number of hydrogen-bond donors (Lipinski definition) is 3. The summed E-state index contributed by atoms with van der Waals surface area (Å²) >= 11 is 0. The maximum Gasteiger partial charge on any atom is 0.280 e. The van der Waals surface area contributed by atoms with Gasteiger partial charge in [-0.2, -0.15) is 17.4 Å². The summed E-state index contributed by atoms with van der Waals surface area (Å²) < 4.78 is 71.2. The van der Waals surface area contributed by atoms with E-state index in [1.165, 1.54) is 16.4 Å². The number of nitrogens with zero attached hydrogens (tertiary/aromatic N) is 2. The van der Waals surface area contributed by atoms with Gasteiger partial charge in [-0.15, -0.1) is 0 Å². The van der Waals surface area contributed by atoms with Gasteiger partial charge < -0.3 is 4.98 Å². The predicted molar refractivity (Wildman–Crippen MR) is 156 cm³/mol. The molecule has 2 unspecified atom stereocenters. The third-order valence-electron chi connectivity index (χ3n) is 7.55. The molecular formula is C29H28FN5O5S2. The van der Waals surface area contributed by atoms with Crippen LogP contribution in [0.3, 0.4) is 0 Å². The number of hydrogen-bond acceptors (Lipinski definition) is 6. The van der Waals surface area contributed by atoms with Crippen molar-refractivity contribution in [1.29, 1.82) is 0 Å². The number of amides is 1. The molecule has 13 heteroatoms. The second-order valence-corrected chi connectivity index (χ2v) is 13.9. The van der Waals surface area contributed by atoms with E-state index in [4.69, 9.17) is 0 Å². The van der Waals surface area contributed by atoms with Gasteiger partial charge in [-0.05, 0) is 59.4 Å². The van der Waals surface area contributed by atoms with Crippen LogP contribution in [-0.4, -0.2) is 50.1 Å². The Labute approximate surface area is 242 Å². The number of carbonyl (C=O) groups is 1. The number of benzene rings is 3. The molecule has 0 aliphatic carbocycles. The fourth-order valence-electron chi connectivity index (χ4n) is 5.33. The summed E-state index contributed by atoms with van der Waals surface area (Å²) in [5, 5.41) is -0.962. The van der Waals surface area contributed by atoms with Crippen molar-refractivity contribution in [3.05, 3.63) is 107 Å². The number of aromatic amines is 1. The molecule has 6 rings (SSSR count). The molecule has 2 atom stereocenters. The van der Waals surface area contributed by atoms with Gasteiger partial charge in [0.1, 0.15) is 16.9 Å². The zero-order valence-corrected chi connectivity index (χ0v) is 24.0. The highest BCUT2D eigenvalue weighted by Gasteiger charge is 2.38. The summed E-state index contributed by atoms with van der Waals surface area (Å²) in [6.07, 6.45) is 2.40. The Bertz CT molecular complexity index is 1860. The molecule has 1 fully saturated rings. The molecule has 10 nitrogen and oxygen atoms in total. The molecular weight excluding hydrogens is 581 g/mol. The van der Waals surface area contributed by atoms with Gasteiger partial charge in [0, 0.05) is 13.1 Å². The van der Waals surface area contributed by atoms with E-state index < -0.39 is 37.4 Å². The lowest BCUT2D eigenvalue weighted by Crippen LogP contribution is -2.44. The van der Waals surface area contributed by atoms with E-state index in [2.05, 4.69) is 14.7 Å². The Morgan fingerprint density at radius 3 is 2.43 bits per heavy atom. The standard InChI is InChI=1S/C29H28FN5O5S2/c30-23-11-9-20(10-12-23)21-13-15-35(16-14-21)42(39,40)33-26(29-31-24-3-1-2-4-25(24)32-29)17-19-5-7-22(8-6-19)27-18-28(36)34-41(27,37)38/h1-13,26-27,33H,14-18H2,(H,31,32)(H,34,36). The number of sulfonamides is 1. The monoisotopic (exact) mass is 609 g/mol. The van der Waals surface area contributed by atoms with Crippen molar-refractivity contribution in [2.75, 3.05) is 13.1 Å². The predicted octanol–water partition coefficient (Wildman–Crippen LogP) is 3.50. The molecule has 3 heterocycles. The first kappa shape index (κ1) is 28.2. The number of halogens is 1. The third kappa shape index (κ3) is 5.86. The lowest BCUT2D eigenvalue weighted by atomic mass is 10.0. The van der Waals surface area contributed by atoms with E-state index in [-0.39, 0.29) is 31.7 Å². The molecule has 1 saturated heterocycles. The zero-order valence-electron chi connectivity index (χ0n) is 22.3. The quantitative estimate of drug-likeness (QED) is 0.279. The average Bonchev–Trinajstić information content (AvgIpc) is 3.52. The van der Waals surface area contributed by atoms with Crippen LogP contribution < -0.4 is 9.44 Å². The van der Waals surface area contributed by atoms with Crippen LogP contribution in [0.25, 0.3) is 16.6 Å². The maximum atomic E-state index is 13.6. The fraction of sp³-hybridized carbons (Fsp3) is 0.241. The van der Waals surface area contributed by atoms with E-state index in [0.29, 0.717) is 23.3 Å². The molecule has 218 valence electrons. The molecule has 2 aliphatic heterocycles. The molecule has 0 saturated carbocycles. The van der Waals surface area contributed by atoms with Gasteiger partial charge in [-0.25, -0.2) is 17.8 Å². The molecule has 1 aromatic heterocycles. The largest absolute Gasteiger partial charge is 0.341 e. The Hall–Kier alpha value is -3.91. The van der Waals surface area contributed by atoms with Gasteiger partial charge in [-0.3, -0.25) is 9.52 Å². The fourth-order valence-corrected chi connectivity index (χ4v) is 8.07. The number of para-hydroxylation sites is 2. The van der Waals surface area contributed by atoms with Crippen LogP contribution in [0.2, 0.25) is 0 Å². The number of fused-ring (bicyclic) bond motifs is 1. The van der Waals surface area contributed by atoms with E-state index in [1.807, 2.05) is 35.1 Å². The first-order valence-electron chi connectivity index (χ1n) is 13.4. The van der Waals surface area contributed by atoms with Crippen molar-refractivity contribution in [1.82, 2.24) is 23.7 Å². The lowest BCUT2D eigenvalue weighted by molar-refractivity contribution is -0.118. The summed E-state index contributed by atoms with van der Waals surface area (Å²) in [7, 11) is -7.73. The first-order chi connectivity index (χ1) is 20.1. The average molecular weight is 610 g/mol. The Morgan fingerprint density at radius 2 is 1.79 bits per heavy atom. The minimum absolute atomic E-state index is 0.143. The number of carbonyl (C=O) groups excluding carboxylic acids is 1. The summed E-state index contributed by atoms with van der Waals surface area (Å²) in [4.78, 5) is 19.5. The molecule has 0 radical (unpaired) electrons. The number of aromatic nitrogens is 2. The van der Waals surface area contributed by atoms with Crippen molar-refractivity contribution in [2.45, 2.75) is 30.6 Å². The second-order valence-electron chi connectivity index (χ2n) is 10.4. The molecule has 3 aromatic carbocycles. The highest BCUT2D eigenvalue weighted by molar-refractivity contribution is 7.90. The van der Waals surface area contributed by atoms with E-state index in [9.17, 15) is 26.0 Å². The highest BCUT2D eigenvalue weighted by Crippen LogP contribution is 2.31. The van der Waals surface area contributed by atoms with Gasteiger partial charge in [0.2, 0.25) is 15.9 Å². The van der Waals surface area contributed by atoms with Crippen molar-refractivity contribution < 1.29 is 26.0 Å². The molecule has 2 aliphatic rings. The van der Waals surface area contributed by atoms with Crippen LogP contribution in [0.15, 0.2) is 78.9 Å². The van der Waals surface area contributed by atoms with Crippen LogP contribution in [0, 0.1) is 5.82 Å². The van der Waals surface area contributed by atoms with Crippen molar-refractivity contribution >= 4 is 42.7 Å². The number of imidazole rings is 1.